The summed E-state index contributed by atoms with van der Waals surface area (Å²) in [5.74, 6) is 16.2. The van der Waals surface area contributed by atoms with E-state index < -0.39 is 0 Å². The van der Waals surface area contributed by atoms with Crippen LogP contribution in [0.1, 0.15) is 33.4 Å². The summed E-state index contributed by atoms with van der Waals surface area (Å²) in [6.07, 6.45) is 0. The normalized spacial score (nSPS) is 9.67. The highest BCUT2D eigenvalue weighted by Gasteiger charge is 2.02. The van der Waals surface area contributed by atoms with Crippen molar-refractivity contribution < 1.29 is 30.6 Å². The third-order valence-electron chi connectivity index (χ3n) is 4.91. The summed E-state index contributed by atoms with van der Waals surface area (Å²) in [5, 5.41) is 57.5. The standard InChI is InChI=1S/C30H18O6/c31-25-10-7-19(16-28(25)34)1-4-22-13-23(5-2-20-8-11-26(32)29(35)17-20)15-24(14-22)6-3-21-9-12-27(33)30(36)18-21/h7-18,31-36H. The smallest absolute Gasteiger partial charge is 0.158 e. The van der Waals surface area contributed by atoms with Crippen LogP contribution in [0.15, 0.2) is 72.8 Å². The van der Waals surface area contributed by atoms with Gasteiger partial charge in [-0.2, -0.15) is 0 Å². The summed E-state index contributed by atoms with van der Waals surface area (Å²) in [6.45, 7) is 0. The average molecular weight is 474 g/mol. The van der Waals surface area contributed by atoms with Crippen molar-refractivity contribution in [2.75, 3.05) is 0 Å². The monoisotopic (exact) mass is 474 g/mol. The van der Waals surface area contributed by atoms with Gasteiger partial charge < -0.3 is 30.6 Å². The van der Waals surface area contributed by atoms with Crippen LogP contribution < -0.4 is 0 Å². The molecule has 0 aliphatic carbocycles. The number of hydrogen-bond acceptors (Lipinski definition) is 6. The highest BCUT2D eigenvalue weighted by Crippen LogP contribution is 2.26. The number of rotatable bonds is 0. The van der Waals surface area contributed by atoms with E-state index in [2.05, 4.69) is 35.5 Å². The molecule has 0 atom stereocenters. The molecule has 0 aromatic heterocycles. The fourth-order valence-corrected chi connectivity index (χ4v) is 3.08. The maximum absolute atomic E-state index is 9.69. The van der Waals surface area contributed by atoms with Gasteiger partial charge in [-0.3, -0.25) is 0 Å². The first-order valence-corrected chi connectivity index (χ1v) is 10.5. The topological polar surface area (TPSA) is 121 Å². The third kappa shape index (κ3) is 5.83. The maximum atomic E-state index is 9.69. The van der Waals surface area contributed by atoms with Crippen molar-refractivity contribution in [3.8, 4) is 70.0 Å². The maximum Gasteiger partial charge on any atom is 0.158 e. The molecule has 0 amide bonds. The number of aromatic hydroxyl groups is 6. The SMILES string of the molecule is Oc1ccc(C#Cc2cc(C#Cc3ccc(O)c(O)c3)cc(C#Cc3ccc(O)c(O)c3)c2)cc1O. The predicted octanol–water partition coefficient (Wildman–Crippen LogP) is 4.12. The van der Waals surface area contributed by atoms with Crippen molar-refractivity contribution in [3.05, 3.63) is 106 Å². The Kier molecular flexibility index (Phi) is 6.60. The first-order chi connectivity index (χ1) is 17.3. The van der Waals surface area contributed by atoms with Crippen molar-refractivity contribution in [1.29, 1.82) is 0 Å². The van der Waals surface area contributed by atoms with Crippen molar-refractivity contribution in [2.45, 2.75) is 0 Å². The Hall–Kier alpha value is -5.64. The van der Waals surface area contributed by atoms with Crippen molar-refractivity contribution in [1.82, 2.24) is 0 Å². The minimum absolute atomic E-state index is 0.240. The highest BCUT2D eigenvalue weighted by atomic mass is 16.3. The van der Waals surface area contributed by atoms with Crippen LogP contribution in [0.4, 0.5) is 0 Å². The van der Waals surface area contributed by atoms with E-state index in [1.54, 1.807) is 36.4 Å². The van der Waals surface area contributed by atoms with Gasteiger partial charge in [0.25, 0.3) is 0 Å². The number of phenolic OH excluding ortho intramolecular Hbond substituents is 6. The molecule has 0 radical (unpaired) electrons. The molecule has 4 rings (SSSR count). The van der Waals surface area contributed by atoms with Gasteiger partial charge in [-0.25, -0.2) is 0 Å². The van der Waals surface area contributed by atoms with Gasteiger partial charge in [0.1, 0.15) is 0 Å². The molecule has 6 nitrogen and oxygen atoms in total. The first-order valence-electron chi connectivity index (χ1n) is 10.5. The van der Waals surface area contributed by atoms with E-state index >= 15 is 0 Å². The fraction of sp³-hybridized carbons (Fsp3) is 0. The molecule has 6 heteroatoms. The van der Waals surface area contributed by atoms with E-state index in [0.717, 1.165) is 0 Å². The molecule has 36 heavy (non-hydrogen) atoms. The molecule has 174 valence electrons. The van der Waals surface area contributed by atoms with E-state index in [9.17, 15) is 30.6 Å². The second-order valence-electron chi connectivity index (χ2n) is 7.66. The second kappa shape index (κ2) is 10.1. The van der Waals surface area contributed by atoms with Crippen molar-refractivity contribution in [2.24, 2.45) is 0 Å². The summed E-state index contributed by atoms with van der Waals surface area (Å²) in [5.41, 5.74) is 3.23. The molecule has 0 fully saturated rings. The van der Waals surface area contributed by atoms with E-state index in [4.69, 9.17) is 0 Å². The number of phenols is 6. The fourth-order valence-electron chi connectivity index (χ4n) is 3.08. The summed E-state index contributed by atoms with van der Waals surface area (Å²) in [7, 11) is 0. The van der Waals surface area contributed by atoms with Crippen LogP contribution in [0.25, 0.3) is 0 Å². The Balaban J connectivity index is 1.74. The Morgan fingerprint density at radius 1 is 0.278 bits per heavy atom. The predicted molar refractivity (Wildman–Crippen MR) is 134 cm³/mol. The molecule has 0 spiro atoms. The zero-order chi connectivity index (χ0) is 25.7. The Labute approximate surface area is 207 Å². The summed E-state index contributed by atoms with van der Waals surface area (Å²) in [6, 6.07) is 18.0. The zero-order valence-corrected chi connectivity index (χ0v) is 18.6. The molecule has 0 heterocycles. The van der Waals surface area contributed by atoms with Crippen LogP contribution in [0.3, 0.4) is 0 Å². The lowest BCUT2D eigenvalue weighted by molar-refractivity contribution is 0.403. The van der Waals surface area contributed by atoms with Gasteiger partial charge in [0.05, 0.1) is 0 Å². The molecule has 6 N–H and O–H groups in total. The molecule has 0 aliphatic rings. The van der Waals surface area contributed by atoms with Gasteiger partial charge in [-0.05, 0) is 72.8 Å². The highest BCUT2D eigenvalue weighted by molar-refractivity contribution is 5.57. The second-order valence-corrected chi connectivity index (χ2v) is 7.66. The molecule has 0 saturated carbocycles. The first kappa shape index (κ1) is 23.5. The Bertz CT molecular complexity index is 1460. The lowest BCUT2D eigenvalue weighted by Gasteiger charge is -2.00. The average Bonchev–Trinajstić information content (AvgIpc) is 2.86. The minimum atomic E-state index is -0.276. The Morgan fingerprint density at radius 2 is 0.528 bits per heavy atom. The molecule has 4 aromatic rings. The van der Waals surface area contributed by atoms with Crippen LogP contribution in [0.5, 0.6) is 34.5 Å². The van der Waals surface area contributed by atoms with Crippen LogP contribution in [0, 0.1) is 35.5 Å². The molecule has 0 unspecified atom stereocenters. The van der Waals surface area contributed by atoms with Gasteiger partial charge in [0.15, 0.2) is 34.5 Å². The third-order valence-corrected chi connectivity index (χ3v) is 4.91. The van der Waals surface area contributed by atoms with E-state index in [-0.39, 0.29) is 34.5 Å². The summed E-state index contributed by atoms with van der Waals surface area (Å²) in [4.78, 5) is 0. The minimum Gasteiger partial charge on any atom is -0.504 e. The zero-order valence-electron chi connectivity index (χ0n) is 18.6. The van der Waals surface area contributed by atoms with E-state index in [1.165, 1.54) is 36.4 Å². The van der Waals surface area contributed by atoms with Gasteiger partial charge in [0.2, 0.25) is 0 Å². The summed E-state index contributed by atoms with van der Waals surface area (Å²) < 4.78 is 0. The molecular weight excluding hydrogens is 456 g/mol. The van der Waals surface area contributed by atoms with Crippen LogP contribution in [0.2, 0.25) is 0 Å². The molecule has 0 bridgehead atoms. The molecule has 4 aromatic carbocycles. The van der Waals surface area contributed by atoms with Gasteiger partial charge in [0, 0.05) is 33.4 Å². The van der Waals surface area contributed by atoms with Crippen molar-refractivity contribution in [3.63, 3.8) is 0 Å². The van der Waals surface area contributed by atoms with E-state index in [1.807, 2.05) is 0 Å². The molecule has 0 aliphatic heterocycles. The van der Waals surface area contributed by atoms with Crippen LogP contribution in [-0.2, 0) is 0 Å². The quantitative estimate of drug-likeness (QED) is 0.168. The summed E-state index contributed by atoms with van der Waals surface area (Å²) >= 11 is 0. The number of benzene rings is 4. The van der Waals surface area contributed by atoms with Gasteiger partial charge in [-0.15, -0.1) is 0 Å². The molecular formula is C30H18O6. The lowest BCUT2D eigenvalue weighted by Crippen LogP contribution is -1.86. The lowest BCUT2D eigenvalue weighted by atomic mass is 10.0. The van der Waals surface area contributed by atoms with Crippen LogP contribution in [-0.4, -0.2) is 30.6 Å². The largest absolute Gasteiger partial charge is 0.504 e. The Morgan fingerprint density at radius 3 is 0.778 bits per heavy atom. The number of hydrogen-bond donors (Lipinski definition) is 6. The van der Waals surface area contributed by atoms with Crippen LogP contribution >= 0.6 is 0 Å². The van der Waals surface area contributed by atoms with Gasteiger partial charge >= 0.3 is 0 Å². The van der Waals surface area contributed by atoms with E-state index in [0.29, 0.717) is 33.4 Å². The van der Waals surface area contributed by atoms with Gasteiger partial charge in [-0.1, -0.05) is 35.5 Å². The van der Waals surface area contributed by atoms with Crippen molar-refractivity contribution >= 4 is 0 Å². The molecule has 0 saturated heterocycles.